The third-order valence-electron chi connectivity index (χ3n) is 4.30. The van der Waals surface area contributed by atoms with Crippen molar-refractivity contribution in [3.63, 3.8) is 0 Å². The topological polar surface area (TPSA) is 94.2 Å². The number of benzene rings is 2. The number of fused-ring (bicyclic) bond motifs is 1. The van der Waals surface area contributed by atoms with E-state index in [1.807, 2.05) is 30.3 Å². The molecule has 0 unspecified atom stereocenters. The average Bonchev–Trinajstić information content (AvgIpc) is 2.74. The van der Waals surface area contributed by atoms with Crippen LogP contribution in [0, 0.1) is 0 Å². The molecule has 1 aliphatic heterocycles. The Kier molecular flexibility index (Phi) is 6.67. The summed E-state index contributed by atoms with van der Waals surface area (Å²) in [4.78, 5) is 37.1. The van der Waals surface area contributed by atoms with Crippen LogP contribution in [0.1, 0.15) is 12.8 Å². The van der Waals surface area contributed by atoms with Gasteiger partial charge >= 0.3 is 5.97 Å². The lowest BCUT2D eigenvalue weighted by atomic mass is 10.2. The van der Waals surface area contributed by atoms with Crippen molar-refractivity contribution in [3.8, 4) is 11.5 Å². The molecule has 0 fully saturated rings. The summed E-state index contributed by atoms with van der Waals surface area (Å²) >= 11 is 0. The summed E-state index contributed by atoms with van der Waals surface area (Å²) < 4.78 is 15.7. The largest absolute Gasteiger partial charge is 0.492 e. The molecule has 1 heterocycles. The number of rotatable bonds is 8. The third-order valence-corrected chi connectivity index (χ3v) is 4.30. The van der Waals surface area contributed by atoms with E-state index < -0.39 is 5.97 Å². The van der Waals surface area contributed by atoms with Crippen LogP contribution in [-0.4, -0.2) is 44.7 Å². The summed E-state index contributed by atoms with van der Waals surface area (Å²) in [7, 11) is 1.27. The molecular formula is C21H22N2O6. The second-order valence-electron chi connectivity index (χ2n) is 6.30. The highest BCUT2D eigenvalue weighted by Gasteiger charge is 2.26. The molecule has 0 aromatic heterocycles. The molecule has 2 aromatic rings. The Bertz CT molecular complexity index is 884. The first kappa shape index (κ1) is 20.2. The highest BCUT2D eigenvalue weighted by atomic mass is 16.5. The number of nitrogens with zero attached hydrogens (tertiary/aromatic N) is 1. The molecule has 0 atom stereocenters. The van der Waals surface area contributed by atoms with Crippen molar-refractivity contribution in [3.05, 3.63) is 48.5 Å². The van der Waals surface area contributed by atoms with E-state index in [2.05, 4.69) is 10.1 Å². The van der Waals surface area contributed by atoms with Crippen molar-refractivity contribution in [2.45, 2.75) is 12.8 Å². The van der Waals surface area contributed by atoms with Crippen LogP contribution in [-0.2, 0) is 19.1 Å². The number of nitrogens with one attached hydrogen (secondary N) is 1. The Labute approximate surface area is 168 Å². The summed E-state index contributed by atoms with van der Waals surface area (Å²) in [5.74, 6) is 0.312. The standard InChI is InChI=1S/C21H22N2O6/c1-27-21(26)10-9-19(24)22-15-7-8-18-17(13-15)23(20(25)14-29-18)11-12-28-16-5-3-2-4-6-16/h2-8,13H,9-12,14H2,1H3,(H,22,24). The fraction of sp³-hybridized carbons (Fsp3) is 0.286. The van der Waals surface area contributed by atoms with Gasteiger partial charge in [-0.2, -0.15) is 0 Å². The van der Waals surface area contributed by atoms with Gasteiger partial charge in [0.2, 0.25) is 5.91 Å². The highest BCUT2D eigenvalue weighted by molar-refractivity contribution is 5.99. The molecule has 29 heavy (non-hydrogen) atoms. The molecular weight excluding hydrogens is 376 g/mol. The zero-order chi connectivity index (χ0) is 20.6. The Morgan fingerprint density at radius 2 is 1.93 bits per heavy atom. The van der Waals surface area contributed by atoms with Gasteiger partial charge in [-0.25, -0.2) is 0 Å². The average molecular weight is 398 g/mol. The normalized spacial score (nSPS) is 12.6. The van der Waals surface area contributed by atoms with E-state index >= 15 is 0 Å². The monoisotopic (exact) mass is 398 g/mol. The number of amides is 2. The lowest BCUT2D eigenvalue weighted by Crippen LogP contribution is -2.41. The first-order valence-electron chi connectivity index (χ1n) is 9.18. The zero-order valence-electron chi connectivity index (χ0n) is 16.1. The number of methoxy groups -OCH3 is 1. The molecule has 2 aromatic carbocycles. The maximum atomic E-state index is 12.4. The van der Waals surface area contributed by atoms with Gasteiger partial charge in [0.05, 0.1) is 25.8 Å². The van der Waals surface area contributed by atoms with Gasteiger partial charge in [0.1, 0.15) is 18.1 Å². The lowest BCUT2D eigenvalue weighted by Gasteiger charge is -2.29. The number of carbonyl (C=O) groups excluding carboxylic acids is 3. The Hall–Kier alpha value is -3.55. The van der Waals surface area contributed by atoms with Crippen LogP contribution in [0.25, 0.3) is 0 Å². The number of carbonyl (C=O) groups is 3. The summed E-state index contributed by atoms with van der Waals surface area (Å²) in [6.07, 6.45) is 0.00559. The van der Waals surface area contributed by atoms with Crippen LogP contribution in [0.15, 0.2) is 48.5 Å². The fourth-order valence-electron chi connectivity index (χ4n) is 2.84. The van der Waals surface area contributed by atoms with Gasteiger partial charge in [-0.15, -0.1) is 0 Å². The number of ether oxygens (including phenoxy) is 3. The second kappa shape index (κ2) is 9.59. The first-order chi connectivity index (χ1) is 14.1. The molecule has 0 radical (unpaired) electrons. The third kappa shape index (κ3) is 5.47. The number of esters is 1. The van der Waals surface area contributed by atoms with E-state index in [9.17, 15) is 14.4 Å². The molecule has 8 nitrogen and oxygen atoms in total. The van der Waals surface area contributed by atoms with Gasteiger partial charge in [-0.05, 0) is 30.3 Å². The minimum absolute atomic E-state index is 0.00216. The molecule has 0 aliphatic carbocycles. The summed E-state index contributed by atoms with van der Waals surface area (Å²) in [5.41, 5.74) is 1.06. The maximum absolute atomic E-state index is 12.4. The van der Waals surface area contributed by atoms with Crippen molar-refractivity contribution >= 4 is 29.2 Å². The maximum Gasteiger partial charge on any atom is 0.306 e. The van der Waals surface area contributed by atoms with Crippen LogP contribution in [0.4, 0.5) is 11.4 Å². The van der Waals surface area contributed by atoms with Crippen molar-refractivity contribution in [2.24, 2.45) is 0 Å². The SMILES string of the molecule is COC(=O)CCC(=O)Nc1ccc2c(c1)N(CCOc1ccccc1)C(=O)CO2. The number of anilines is 2. The highest BCUT2D eigenvalue weighted by Crippen LogP contribution is 2.34. The molecule has 3 rings (SSSR count). The van der Waals surface area contributed by atoms with Gasteiger partial charge in [-0.3, -0.25) is 14.4 Å². The van der Waals surface area contributed by atoms with Gasteiger partial charge in [0, 0.05) is 12.1 Å². The van der Waals surface area contributed by atoms with E-state index in [1.54, 1.807) is 23.1 Å². The van der Waals surface area contributed by atoms with Crippen molar-refractivity contribution in [2.75, 3.05) is 37.1 Å². The van der Waals surface area contributed by atoms with Crippen LogP contribution in [0.2, 0.25) is 0 Å². The quantitative estimate of drug-likeness (QED) is 0.686. The smallest absolute Gasteiger partial charge is 0.306 e. The minimum atomic E-state index is -0.450. The Morgan fingerprint density at radius 3 is 2.69 bits per heavy atom. The molecule has 0 bridgehead atoms. The molecule has 8 heteroatoms. The van der Waals surface area contributed by atoms with Crippen LogP contribution >= 0.6 is 0 Å². The van der Waals surface area contributed by atoms with Gasteiger partial charge in [0.25, 0.3) is 5.91 Å². The lowest BCUT2D eigenvalue weighted by molar-refractivity contribution is -0.141. The molecule has 2 amide bonds. The number of hydrogen-bond donors (Lipinski definition) is 1. The Balaban J connectivity index is 1.65. The van der Waals surface area contributed by atoms with Crippen LogP contribution in [0.3, 0.4) is 0 Å². The molecule has 1 aliphatic rings. The van der Waals surface area contributed by atoms with E-state index in [0.29, 0.717) is 30.3 Å². The summed E-state index contributed by atoms with van der Waals surface area (Å²) in [6, 6.07) is 14.4. The fourth-order valence-corrected chi connectivity index (χ4v) is 2.84. The molecule has 152 valence electrons. The number of para-hydroxylation sites is 1. The van der Waals surface area contributed by atoms with Crippen molar-refractivity contribution in [1.82, 2.24) is 0 Å². The predicted octanol–water partition coefficient (Wildman–Crippen LogP) is 2.38. The van der Waals surface area contributed by atoms with Crippen molar-refractivity contribution < 1.29 is 28.6 Å². The molecule has 0 saturated carbocycles. The first-order valence-corrected chi connectivity index (χ1v) is 9.18. The van der Waals surface area contributed by atoms with E-state index in [0.717, 1.165) is 5.75 Å². The van der Waals surface area contributed by atoms with Gasteiger partial charge < -0.3 is 24.4 Å². The minimum Gasteiger partial charge on any atom is -0.492 e. The van der Waals surface area contributed by atoms with E-state index in [-0.39, 0.29) is 31.3 Å². The molecule has 0 spiro atoms. The van der Waals surface area contributed by atoms with Crippen LogP contribution < -0.4 is 19.7 Å². The summed E-state index contributed by atoms with van der Waals surface area (Å²) in [5, 5.41) is 2.72. The van der Waals surface area contributed by atoms with Gasteiger partial charge in [0.15, 0.2) is 6.61 Å². The van der Waals surface area contributed by atoms with E-state index in [1.165, 1.54) is 7.11 Å². The molecule has 1 N–H and O–H groups in total. The van der Waals surface area contributed by atoms with Crippen molar-refractivity contribution in [1.29, 1.82) is 0 Å². The summed E-state index contributed by atoms with van der Waals surface area (Å²) in [6.45, 7) is 0.595. The zero-order valence-corrected chi connectivity index (χ0v) is 16.1. The Morgan fingerprint density at radius 1 is 1.14 bits per heavy atom. The predicted molar refractivity (Wildman–Crippen MR) is 106 cm³/mol. The van der Waals surface area contributed by atoms with Gasteiger partial charge in [-0.1, -0.05) is 18.2 Å². The number of hydrogen-bond acceptors (Lipinski definition) is 6. The second-order valence-corrected chi connectivity index (χ2v) is 6.30. The molecule has 0 saturated heterocycles. The van der Waals surface area contributed by atoms with Crippen LogP contribution in [0.5, 0.6) is 11.5 Å². The van der Waals surface area contributed by atoms with E-state index in [4.69, 9.17) is 9.47 Å².